The van der Waals surface area contributed by atoms with E-state index in [1.165, 1.54) is 18.7 Å². The van der Waals surface area contributed by atoms with E-state index in [1.54, 1.807) is 6.07 Å². The Hall–Kier alpha value is -1.47. The van der Waals surface area contributed by atoms with Crippen molar-refractivity contribution in [2.75, 3.05) is 0 Å². The Morgan fingerprint density at radius 2 is 2.23 bits per heavy atom. The lowest BCUT2D eigenvalue weighted by Crippen LogP contribution is -2.21. The molecule has 2 aromatic rings. The zero-order valence-corrected chi connectivity index (χ0v) is 7.27. The molecular weight excluding hydrogens is 192 g/mol. The predicted molar refractivity (Wildman–Crippen MR) is 46.0 cm³/mol. The zero-order valence-electron chi connectivity index (χ0n) is 6.45. The maximum absolute atomic E-state index is 11.0. The standard InChI is InChI=1S/C6H6N4O2S/c7-13(11,12)10-2-1-5-3-8-4-9-6(5)10/h1-4H,(H2,7,11,12). The van der Waals surface area contributed by atoms with E-state index in [1.807, 2.05) is 0 Å². The molecule has 2 N–H and O–H groups in total. The molecule has 0 aliphatic carbocycles. The average Bonchev–Trinajstić information content (AvgIpc) is 2.45. The van der Waals surface area contributed by atoms with E-state index in [9.17, 15) is 8.42 Å². The van der Waals surface area contributed by atoms with Crippen molar-refractivity contribution in [1.82, 2.24) is 13.9 Å². The fourth-order valence-electron chi connectivity index (χ4n) is 1.06. The highest BCUT2D eigenvalue weighted by molar-refractivity contribution is 7.87. The number of nitrogens with two attached hydrogens (primary N) is 1. The predicted octanol–water partition coefficient (Wildman–Crippen LogP) is -0.517. The van der Waals surface area contributed by atoms with Gasteiger partial charge in [0, 0.05) is 17.8 Å². The van der Waals surface area contributed by atoms with Gasteiger partial charge in [0.25, 0.3) is 0 Å². The molecule has 0 unspecified atom stereocenters. The lowest BCUT2D eigenvalue weighted by Gasteiger charge is -1.98. The maximum atomic E-state index is 11.0. The van der Waals surface area contributed by atoms with Crippen molar-refractivity contribution < 1.29 is 8.42 Å². The van der Waals surface area contributed by atoms with E-state index in [2.05, 4.69) is 9.97 Å². The summed E-state index contributed by atoms with van der Waals surface area (Å²) in [5.41, 5.74) is 0.289. The van der Waals surface area contributed by atoms with Crippen LogP contribution < -0.4 is 5.14 Å². The van der Waals surface area contributed by atoms with E-state index in [0.29, 0.717) is 5.39 Å². The highest BCUT2D eigenvalue weighted by Gasteiger charge is 2.10. The van der Waals surface area contributed by atoms with Gasteiger partial charge in [0.15, 0.2) is 5.65 Å². The van der Waals surface area contributed by atoms with Crippen molar-refractivity contribution in [1.29, 1.82) is 0 Å². The largest absolute Gasteiger partial charge is 0.304 e. The van der Waals surface area contributed by atoms with E-state index in [0.717, 1.165) is 3.97 Å². The Labute approximate surface area is 74.2 Å². The lowest BCUT2D eigenvalue weighted by molar-refractivity contribution is 0.590. The molecule has 0 saturated carbocycles. The molecule has 0 atom stereocenters. The minimum atomic E-state index is -3.76. The first-order valence-electron chi connectivity index (χ1n) is 3.39. The second kappa shape index (κ2) is 2.51. The zero-order chi connectivity index (χ0) is 9.47. The first kappa shape index (κ1) is 8.14. The molecule has 0 aromatic carbocycles. The maximum Gasteiger partial charge on any atom is 0.304 e. The summed E-state index contributed by atoms with van der Waals surface area (Å²) in [5, 5.41) is 5.58. The summed E-state index contributed by atoms with van der Waals surface area (Å²) in [6.07, 6.45) is 4.13. The van der Waals surface area contributed by atoms with Gasteiger partial charge in [0.05, 0.1) is 0 Å². The van der Waals surface area contributed by atoms with Gasteiger partial charge in [0.2, 0.25) is 0 Å². The van der Waals surface area contributed by atoms with Gasteiger partial charge in [-0.25, -0.2) is 19.1 Å². The van der Waals surface area contributed by atoms with Gasteiger partial charge < -0.3 is 0 Å². The van der Waals surface area contributed by atoms with Gasteiger partial charge in [-0.3, -0.25) is 0 Å². The normalized spacial score (nSPS) is 12.1. The van der Waals surface area contributed by atoms with Crippen LogP contribution in [-0.4, -0.2) is 22.4 Å². The molecule has 0 amide bonds. The number of rotatable bonds is 1. The fourth-order valence-corrected chi connectivity index (χ4v) is 1.68. The highest BCUT2D eigenvalue weighted by Crippen LogP contribution is 2.11. The van der Waals surface area contributed by atoms with Gasteiger partial charge in [0.1, 0.15) is 6.33 Å². The van der Waals surface area contributed by atoms with E-state index in [-0.39, 0.29) is 5.65 Å². The Morgan fingerprint density at radius 3 is 2.92 bits per heavy atom. The molecule has 0 aliphatic heterocycles. The lowest BCUT2D eigenvalue weighted by atomic mass is 10.4. The average molecular weight is 198 g/mol. The molecule has 2 rings (SSSR count). The number of hydrogen-bond acceptors (Lipinski definition) is 4. The molecular formula is C6H6N4O2S. The molecule has 0 radical (unpaired) electrons. The van der Waals surface area contributed by atoms with Crippen LogP contribution in [0.4, 0.5) is 0 Å². The van der Waals surface area contributed by atoms with Gasteiger partial charge >= 0.3 is 10.2 Å². The van der Waals surface area contributed by atoms with Crippen LogP contribution in [0.3, 0.4) is 0 Å². The highest BCUT2D eigenvalue weighted by atomic mass is 32.2. The first-order chi connectivity index (χ1) is 6.09. The Morgan fingerprint density at radius 1 is 1.46 bits per heavy atom. The van der Waals surface area contributed by atoms with Crippen LogP contribution in [0.25, 0.3) is 11.0 Å². The molecule has 6 nitrogen and oxygen atoms in total. The molecule has 0 aliphatic rings. The molecule has 68 valence electrons. The van der Waals surface area contributed by atoms with Crippen molar-refractivity contribution in [3.63, 3.8) is 0 Å². The summed E-state index contributed by atoms with van der Waals surface area (Å²) in [5.74, 6) is 0. The fraction of sp³-hybridized carbons (Fsp3) is 0. The van der Waals surface area contributed by atoms with Crippen LogP contribution in [0.1, 0.15) is 0 Å². The van der Waals surface area contributed by atoms with E-state index >= 15 is 0 Å². The minimum absolute atomic E-state index is 0.289. The number of hydrogen-bond donors (Lipinski definition) is 1. The molecule has 0 bridgehead atoms. The minimum Gasteiger partial charge on any atom is -0.244 e. The Balaban J connectivity index is 2.87. The van der Waals surface area contributed by atoms with Gasteiger partial charge in [-0.15, -0.1) is 0 Å². The SMILES string of the molecule is NS(=O)(=O)n1ccc2cncnc21. The summed E-state index contributed by atoms with van der Waals surface area (Å²) in [7, 11) is -3.76. The van der Waals surface area contributed by atoms with Crippen LogP contribution in [0, 0.1) is 0 Å². The molecule has 0 spiro atoms. The summed E-state index contributed by atoms with van der Waals surface area (Å²) < 4.78 is 22.9. The second-order valence-electron chi connectivity index (χ2n) is 2.46. The third-order valence-corrected chi connectivity index (χ3v) is 2.43. The Bertz CT molecular complexity index is 545. The molecule has 13 heavy (non-hydrogen) atoms. The first-order valence-corrected chi connectivity index (χ1v) is 4.90. The van der Waals surface area contributed by atoms with Crippen LogP contribution in [0.2, 0.25) is 0 Å². The van der Waals surface area contributed by atoms with Crippen LogP contribution in [-0.2, 0) is 10.2 Å². The molecule has 7 heteroatoms. The van der Waals surface area contributed by atoms with Crippen molar-refractivity contribution in [2.45, 2.75) is 0 Å². The monoisotopic (exact) mass is 198 g/mol. The Kier molecular flexibility index (Phi) is 1.57. The van der Waals surface area contributed by atoms with Crippen LogP contribution >= 0.6 is 0 Å². The molecule has 2 aromatic heterocycles. The van der Waals surface area contributed by atoms with Crippen molar-refractivity contribution in [3.05, 3.63) is 24.8 Å². The van der Waals surface area contributed by atoms with Crippen LogP contribution in [0.5, 0.6) is 0 Å². The number of fused-ring (bicyclic) bond motifs is 1. The van der Waals surface area contributed by atoms with Crippen molar-refractivity contribution in [2.24, 2.45) is 5.14 Å². The molecule has 2 heterocycles. The van der Waals surface area contributed by atoms with Crippen molar-refractivity contribution in [3.8, 4) is 0 Å². The van der Waals surface area contributed by atoms with E-state index < -0.39 is 10.2 Å². The van der Waals surface area contributed by atoms with Gasteiger partial charge in [-0.05, 0) is 6.07 Å². The second-order valence-corrected chi connectivity index (χ2v) is 3.88. The third kappa shape index (κ3) is 1.27. The number of nitrogens with zero attached hydrogens (tertiary/aromatic N) is 3. The topological polar surface area (TPSA) is 90.9 Å². The summed E-state index contributed by atoms with van der Waals surface area (Å²) >= 11 is 0. The van der Waals surface area contributed by atoms with E-state index in [4.69, 9.17) is 5.14 Å². The summed E-state index contributed by atoms with van der Waals surface area (Å²) in [6, 6.07) is 1.58. The smallest absolute Gasteiger partial charge is 0.244 e. The summed E-state index contributed by atoms with van der Waals surface area (Å²) in [6.45, 7) is 0. The third-order valence-electron chi connectivity index (χ3n) is 1.59. The van der Waals surface area contributed by atoms with Gasteiger partial charge in [-0.1, -0.05) is 0 Å². The summed E-state index contributed by atoms with van der Waals surface area (Å²) in [4.78, 5) is 7.55. The van der Waals surface area contributed by atoms with Crippen molar-refractivity contribution >= 4 is 21.2 Å². The molecule has 0 fully saturated rings. The quantitative estimate of drug-likeness (QED) is 0.667. The van der Waals surface area contributed by atoms with Crippen LogP contribution in [0.15, 0.2) is 24.8 Å². The molecule has 0 saturated heterocycles. The number of aromatic nitrogens is 3. The van der Waals surface area contributed by atoms with Gasteiger partial charge in [-0.2, -0.15) is 8.42 Å².